The summed E-state index contributed by atoms with van der Waals surface area (Å²) in [6.07, 6.45) is 1.43. The van der Waals surface area contributed by atoms with Crippen molar-refractivity contribution in [3.05, 3.63) is 29.3 Å². The van der Waals surface area contributed by atoms with E-state index in [1.54, 1.807) is 19.2 Å². The molecule has 154 valence electrons. The number of hydrogen-bond acceptors (Lipinski definition) is 6. The van der Waals surface area contributed by atoms with E-state index in [1.807, 2.05) is 20.0 Å². The highest BCUT2D eigenvalue weighted by atomic mass is 16.5. The monoisotopic (exact) mass is 392 g/mol. The van der Waals surface area contributed by atoms with E-state index in [2.05, 4.69) is 0 Å². The Morgan fingerprint density at radius 3 is 2.61 bits per heavy atom. The topological polar surface area (TPSA) is 71.1 Å². The second-order valence-electron chi connectivity index (χ2n) is 8.14. The van der Waals surface area contributed by atoms with Crippen molar-refractivity contribution >= 4 is 11.9 Å². The number of methoxy groups -OCH3 is 2. The van der Waals surface area contributed by atoms with Gasteiger partial charge in [0, 0.05) is 25.9 Å². The molecule has 1 fully saturated rings. The molecule has 1 amide bonds. The zero-order valence-electron chi connectivity index (χ0n) is 17.2. The molecule has 0 aliphatic carbocycles. The second kappa shape index (κ2) is 8.19. The minimum atomic E-state index is -0.435. The van der Waals surface area contributed by atoms with Gasteiger partial charge in [0.1, 0.15) is 25.5 Å². The first-order valence-corrected chi connectivity index (χ1v) is 9.65. The minimum Gasteiger partial charge on any atom is -0.487 e. The van der Waals surface area contributed by atoms with Gasteiger partial charge in [0.25, 0.3) is 0 Å². The van der Waals surface area contributed by atoms with E-state index in [9.17, 15) is 9.59 Å². The number of fused-ring (bicyclic) bond motifs is 1. The van der Waals surface area contributed by atoms with Crippen molar-refractivity contribution < 1.29 is 33.0 Å². The second-order valence-corrected chi connectivity index (χ2v) is 8.14. The number of nitrogens with zero attached hydrogens (tertiary/aromatic N) is 1. The van der Waals surface area contributed by atoms with Crippen LogP contribution in [0.25, 0.3) is 0 Å². The Balaban J connectivity index is 1.97. The zero-order valence-corrected chi connectivity index (χ0v) is 17.2. The van der Waals surface area contributed by atoms with Crippen LogP contribution < -0.4 is 4.74 Å². The predicted octanol–water partition coefficient (Wildman–Crippen LogP) is 2.17. The minimum absolute atomic E-state index is 0.147. The number of carbonyl (C=O) groups is 2. The van der Waals surface area contributed by atoms with Crippen molar-refractivity contribution in [2.45, 2.75) is 32.4 Å². The van der Waals surface area contributed by atoms with Crippen LogP contribution >= 0.6 is 0 Å². The standard InChI is InChI=1S/C21H30NO6/c1-21(7-9-27-10-8-21)20(24)22(2)12-16-6-5-15(19(23)26-4)11-18(16)28-14-17(22)13-25-3/h5-6,11,17H,7-10,12-14H2,1-4H3/q+1. The molecular formula is C21H30NO6+. The first kappa shape index (κ1) is 20.8. The molecule has 1 aromatic rings. The summed E-state index contributed by atoms with van der Waals surface area (Å²) >= 11 is 0. The Morgan fingerprint density at radius 1 is 1.25 bits per heavy atom. The molecule has 28 heavy (non-hydrogen) atoms. The van der Waals surface area contributed by atoms with E-state index in [-0.39, 0.29) is 16.4 Å². The van der Waals surface area contributed by atoms with Gasteiger partial charge in [-0.3, -0.25) is 4.48 Å². The zero-order chi connectivity index (χ0) is 20.4. The molecule has 7 nitrogen and oxygen atoms in total. The summed E-state index contributed by atoms with van der Waals surface area (Å²) in [5, 5.41) is 0. The van der Waals surface area contributed by atoms with Crippen molar-refractivity contribution in [3.8, 4) is 5.75 Å². The number of benzene rings is 1. The van der Waals surface area contributed by atoms with Crippen LogP contribution in [0.1, 0.15) is 35.7 Å². The Bertz CT molecular complexity index is 742. The fourth-order valence-corrected chi connectivity index (χ4v) is 4.19. The SMILES string of the molecule is COCC1COc2cc(C(=O)OC)ccc2C[N+]1(C)C(=O)C1(C)CCOCC1. The lowest BCUT2D eigenvalue weighted by molar-refractivity contribution is -0.876. The maximum atomic E-state index is 13.8. The van der Waals surface area contributed by atoms with Gasteiger partial charge in [0.15, 0.2) is 6.04 Å². The molecule has 0 radical (unpaired) electrons. The summed E-state index contributed by atoms with van der Waals surface area (Å²) in [4.78, 5) is 25.7. The Hall–Kier alpha value is -1.96. The van der Waals surface area contributed by atoms with Gasteiger partial charge in [0.2, 0.25) is 0 Å². The maximum absolute atomic E-state index is 13.8. The molecule has 0 saturated carbocycles. The van der Waals surface area contributed by atoms with Crippen LogP contribution in [0.3, 0.4) is 0 Å². The van der Waals surface area contributed by atoms with Gasteiger partial charge < -0.3 is 18.9 Å². The van der Waals surface area contributed by atoms with Gasteiger partial charge in [-0.2, -0.15) is 0 Å². The summed E-state index contributed by atoms with van der Waals surface area (Å²) in [6, 6.07) is 5.12. The van der Waals surface area contributed by atoms with Crippen molar-refractivity contribution in [2.75, 3.05) is 47.7 Å². The van der Waals surface area contributed by atoms with Gasteiger partial charge in [-0.1, -0.05) is 0 Å². The molecule has 2 aliphatic rings. The Kier molecular flexibility index (Phi) is 6.07. The Labute approximate surface area is 166 Å². The van der Waals surface area contributed by atoms with Crippen LogP contribution in [0.5, 0.6) is 5.75 Å². The lowest BCUT2D eigenvalue weighted by Gasteiger charge is -2.43. The number of carbonyl (C=O) groups excluding carboxylic acids is 2. The van der Waals surface area contributed by atoms with E-state index < -0.39 is 11.4 Å². The molecular weight excluding hydrogens is 362 g/mol. The lowest BCUT2D eigenvalue weighted by Crippen LogP contribution is -2.63. The third-order valence-electron chi connectivity index (χ3n) is 6.16. The summed E-state index contributed by atoms with van der Waals surface area (Å²) in [5.74, 6) is 0.397. The van der Waals surface area contributed by atoms with Gasteiger partial charge in [-0.05, 0) is 38.0 Å². The number of esters is 1. The molecule has 0 N–H and O–H groups in total. The van der Waals surface area contributed by atoms with Crippen LogP contribution in [0, 0.1) is 5.41 Å². The first-order valence-electron chi connectivity index (χ1n) is 9.65. The number of amides is 1. The van der Waals surface area contributed by atoms with Crippen LogP contribution in [-0.2, 0) is 25.5 Å². The largest absolute Gasteiger partial charge is 0.487 e. The van der Waals surface area contributed by atoms with Crippen molar-refractivity contribution in [3.63, 3.8) is 0 Å². The highest BCUT2D eigenvalue weighted by Gasteiger charge is 2.52. The molecule has 2 heterocycles. The summed E-state index contributed by atoms with van der Waals surface area (Å²) in [6.45, 7) is 4.48. The summed E-state index contributed by atoms with van der Waals surface area (Å²) in [5.41, 5.74) is 0.899. The molecule has 0 aromatic heterocycles. The highest BCUT2D eigenvalue weighted by molar-refractivity contribution is 5.90. The van der Waals surface area contributed by atoms with E-state index in [1.165, 1.54) is 7.11 Å². The van der Waals surface area contributed by atoms with Crippen LogP contribution in [0.15, 0.2) is 18.2 Å². The van der Waals surface area contributed by atoms with Gasteiger partial charge in [0.05, 0.1) is 25.1 Å². The molecule has 1 aromatic carbocycles. The van der Waals surface area contributed by atoms with Crippen molar-refractivity contribution in [1.29, 1.82) is 0 Å². The number of quaternary nitrogens is 1. The molecule has 2 unspecified atom stereocenters. The van der Waals surface area contributed by atoms with Crippen LogP contribution in [0.2, 0.25) is 0 Å². The lowest BCUT2D eigenvalue weighted by atomic mass is 9.79. The number of hydrogen-bond donors (Lipinski definition) is 0. The quantitative estimate of drug-likeness (QED) is 0.578. The number of rotatable bonds is 4. The molecule has 3 rings (SSSR count). The molecule has 2 atom stereocenters. The predicted molar refractivity (Wildman–Crippen MR) is 102 cm³/mol. The average Bonchev–Trinajstić information content (AvgIpc) is 2.84. The fraction of sp³-hybridized carbons (Fsp3) is 0.619. The Morgan fingerprint density at radius 2 is 1.96 bits per heavy atom. The van der Waals surface area contributed by atoms with E-state index >= 15 is 0 Å². The molecule has 0 spiro atoms. The molecule has 7 heteroatoms. The first-order chi connectivity index (χ1) is 13.3. The molecule has 0 bridgehead atoms. The summed E-state index contributed by atoms with van der Waals surface area (Å²) < 4.78 is 22.0. The maximum Gasteiger partial charge on any atom is 0.337 e. The number of likely N-dealkylation sites (N-methyl/N-ethyl adjacent to an activating group) is 1. The van der Waals surface area contributed by atoms with Crippen LogP contribution in [-0.4, -0.2) is 70.1 Å². The summed E-state index contributed by atoms with van der Waals surface area (Å²) in [7, 11) is 4.96. The number of ether oxygens (including phenoxy) is 4. The van der Waals surface area contributed by atoms with E-state index in [0.29, 0.717) is 57.1 Å². The smallest absolute Gasteiger partial charge is 0.337 e. The van der Waals surface area contributed by atoms with Gasteiger partial charge in [-0.25, -0.2) is 9.59 Å². The average molecular weight is 392 g/mol. The third-order valence-corrected chi connectivity index (χ3v) is 6.16. The highest BCUT2D eigenvalue weighted by Crippen LogP contribution is 2.39. The van der Waals surface area contributed by atoms with Gasteiger partial charge in [-0.15, -0.1) is 0 Å². The normalized spacial score (nSPS) is 26.5. The van der Waals surface area contributed by atoms with Gasteiger partial charge >= 0.3 is 11.9 Å². The van der Waals surface area contributed by atoms with E-state index in [4.69, 9.17) is 18.9 Å². The third kappa shape index (κ3) is 3.79. The molecule has 1 saturated heterocycles. The van der Waals surface area contributed by atoms with Crippen molar-refractivity contribution in [1.82, 2.24) is 0 Å². The molecule has 2 aliphatic heterocycles. The van der Waals surface area contributed by atoms with Crippen LogP contribution in [0.4, 0.5) is 0 Å². The fourth-order valence-electron chi connectivity index (χ4n) is 4.19. The van der Waals surface area contributed by atoms with Crippen molar-refractivity contribution in [2.24, 2.45) is 5.41 Å². The van der Waals surface area contributed by atoms with E-state index in [0.717, 1.165) is 5.56 Å².